The first-order chi connectivity index (χ1) is 27.8. The molecule has 11 rings (SSSR count). The number of rotatable bonds is 7. The molecule has 0 radical (unpaired) electrons. The third-order valence-corrected chi connectivity index (χ3v) is 10.5. The summed E-state index contributed by atoms with van der Waals surface area (Å²) in [4.78, 5) is 0. The van der Waals surface area contributed by atoms with Crippen LogP contribution in [0.15, 0.2) is 191 Å². The minimum atomic E-state index is 0.387. The molecule has 0 amide bonds. The van der Waals surface area contributed by atoms with Gasteiger partial charge in [0, 0.05) is 22.3 Å². The summed E-state index contributed by atoms with van der Waals surface area (Å²) in [7, 11) is 0. The first-order valence-corrected chi connectivity index (χ1v) is 18.6. The second-order valence-corrected chi connectivity index (χ2v) is 13.9. The van der Waals surface area contributed by atoms with Crippen molar-refractivity contribution in [2.45, 2.75) is 0 Å². The Kier molecular flexibility index (Phi) is 7.38. The van der Waals surface area contributed by atoms with Crippen LogP contribution in [0.1, 0.15) is 0 Å². The van der Waals surface area contributed by atoms with Gasteiger partial charge in [-0.1, -0.05) is 133 Å². The maximum absolute atomic E-state index is 6.39. The average Bonchev–Trinajstić information content (AvgIpc) is 4.05. The number of hydrogen-bond donors (Lipinski definition) is 0. The fourth-order valence-corrected chi connectivity index (χ4v) is 8.07. The summed E-state index contributed by atoms with van der Waals surface area (Å²) in [6.07, 6.45) is 0. The molecule has 8 aromatic carbocycles. The Morgan fingerprint density at radius 2 is 0.679 bits per heavy atom. The highest BCUT2D eigenvalue weighted by atomic mass is 16.4. The van der Waals surface area contributed by atoms with E-state index in [0.29, 0.717) is 23.6 Å². The molecule has 0 N–H and O–H groups in total. The second kappa shape index (κ2) is 13.0. The largest absolute Gasteiger partial charge is 0.416 e. The van der Waals surface area contributed by atoms with Gasteiger partial charge < -0.3 is 8.83 Å². The van der Waals surface area contributed by atoms with Crippen LogP contribution in [0.5, 0.6) is 0 Å². The third kappa shape index (κ3) is 5.27. The van der Waals surface area contributed by atoms with E-state index in [1.807, 2.05) is 66.7 Å². The molecule has 262 valence electrons. The van der Waals surface area contributed by atoms with Gasteiger partial charge >= 0.3 is 0 Å². The van der Waals surface area contributed by atoms with Gasteiger partial charge in [0.05, 0.1) is 0 Å². The Balaban J connectivity index is 1.21. The molecule has 2 aromatic heterocycles. The van der Waals surface area contributed by atoms with E-state index in [2.05, 4.69) is 136 Å². The monoisotopic (exact) mass is 718 g/mol. The van der Waals surface area contributed by atoms with Crippen LogP contribution in [0.4, 0.5) is 0 Å². The highest BCUT2D eigenvalue weighted by molar-refractivity contribution is 6.22. The van der Waals surface area contributed by atoms with Crippen molar-refractivity contribution >= 4 is 10.8 Å². The van der Waals surface area contributed by atoms with Crippen LogP contribution >= 0.6 is 0 Å². The van der Waals surface area contributed by atoms with Crippen molar-refractivity contribution in [3.63, 3.8) is 0 Å². The van der Waals surface area contributed by atoms with Crippen LogP contribution in [-0.4, -0.2) is 20.4 Å². The number of nitrogens with zero attached hydrogens (tertiary/aromatic N) is 4. The molecule has 6 heteroatoms. The van der Waals surface area contributed by atoms with E-state index in [-0.39, 0.29) is 0 Å². The van der Waals surface area contributed by atoms with Crippen LogP contribution in [0.2, 0.25) is 0 Å². The Labute approximate surface area is 322 Å². The summed E-state index contributed by atoms with van der Waals surface area (Å²) in [5.41, 5.74) is 14.6. The summed E-state index contributed by atoms with van der Waals surface area (Å²) in [5, 5.41) is 20.5. The van der Waals surface area contributed by atoms with Crippen molar-refractivity contribution in [2.75, 3.05) is 0 Å². The quantitative estimate of drug-likeness (QED) is 0.163. The zero-order valence-electron chi connectivity index (χ0n) is 29.9. The van der Waals surface area contributed by atoms with Crippen molar-refractivity contribution in [1.82, 2.24) is 20.4 Å². The molecule has 6 nitrogen and oxygen atoms in total. The van der Waals surface area contributed by atoms with E-state index in [1.165, 1.54) is 33.0 Å². The van der Waals surface area contributed by atoms with Gasteiger partial charge in [0.25, 0.3) is 0 Å². The molecule has 0 aliphatic heterocycles. The van der Waals surface area contributed by atoms with Gasteiger partial charge in [-0.05, 0) is 115 Å². The minimum Gasteiger partial charge on any atom is -0.416 e. The molecule has 1 aliphatic carbocycles. The summed E-state index contributed by atoms with van der Waals surface area (Å²) < 4.78 is 12.8. The van der Waals surface area contributed by atoms with Gasteiger partial charge in [-0.25, -0.2) is 0 Å². The van der Waals surface area contributed by atoms with E-state index in [0.717, 1.165) is 55.6 Å². The van der Waals surface area contributed by atoms with E-state index in [4.69, 9.17) is 8.83 Å². The van der Waals surface area contributed by atoms with Crippen LogP contribution in [0.25, 0.3) is 112 Å². The smallest absolute Gasteiger partial charge is 0.248 e. The molecule has 0 fully saturated rings. The molecular formula is C50H30N4O2. The lowest BCUT2D eigenvalue weighted by Crippen LogP contribution is -1.95. The van der Waals surface area contributed by atoms with Crippen LogP contribution in [0, 0.1) is 0 Å². The highest BCUT2D eigenvalue weighted by Gasteiger charge is 2.30. The van der Waals surface area contributed by atoms with Crippen molar-refractivity contribution in [3.8, 4) is 101 Å². The molecule has 56 heavy (non-hydrogen) atoms. The van der Waals surface area contributed by atoms with E-state index < -0.39 is 0 Å². The Morgan fingerprint density at radius 3 is 1.20 bits per heavy atom. The second-order valence-electron chi connectivity index (χ2n) is 13.9. The first kappa shape index (κ1) is 31.8. The van der Waals surface area contributed by atoms with Gasteiger partial charge in [0.15, 0.2) is 0 Å². The lowest BCUT2D eigenvalue weighted by molar-refractivity contribution is 0.582. The fraction of sp³-hybridized carbons (Fsp3) is 0. The Morgan fingerprint density at radius 1 is 0.268 bits per heavy atom. The maximum Gasteiger partial charge on any atom is 0.248 e. The molecule has 0 atom stereocenters. The van der Waals surface area contributed by atoms with Crippen LogP contribution in [0.3, 0.4) is 0 Å². The normalized spacial score (nSPS) is 11.6. The molecule has 0 saturated carbocycles. The van der Waals surface area contributed by atoms with Gasteiger partial charge in [-0.3, -0.25) is 0 Å². The summed E-state index contributed by atoms with van der Waals surface area (Å²) in [6, 6.07) is 62.8. The molecule has 0 spiro atoms. The van der Waals surface area contributed by atoms with E-state index in [1.54, 1.807) is 0 Å². The van der Waals surface area contributed by atoms with Gasteiger partial charge in [0.1, 0.15) is 0 Å². The first-order valence-electron chi connectivity index (χ1n) is 18.6. The molecule has 1 aliphatic rings. The topological polar surface area (TPSA) is 77.8 Å². The summed E-state index contributed by atoms with van der Waals surface area (Å²) in [6.45, 7) is 0. The molecular weight excluding hydrogens is 689 g/mol. The van der Waals surface area contributed by atoms with Gasteiger partial charge in [-0.15, -0.1) is 20.4 Å². The van der Waals surface area contributed by atoms with Crippen molar-refractivity contribution in [2.24, 2.45) is 0 Å². The summed E-state index contributed by atoms with van der Waals surface area (Å²) in [5.74, 6) is 1.66. The Bertz CT molecular complexity index is 2960. The zero-order valence-corrected chi connectivity index (χ0v) is 29.9. The fourth-order valence-electron chi connectivity index (χ4n) is 8.07. The van der Waals surface area contributed by atoms with Crippen LogP contribution in [-0.2, 0) is 0 Å². The SMILES string of the molecule is c1ccc(-c2nnc(-c3cc(-c4nnc(-c5ccccc5)o4)cc(-c4cc(-c5ccccc5)c5c(c4-c4ccccc4)-c4cccc6cccc-5c46)c3)o2)cc1. The zero-order chi connectivity index (χ0) is 37.0. The molecule has 0 bridgehead atoms. The molecule has 2 heterocycles. The van der Waals surface area contributed by atoms with Crippen LogP contribution < -0.4 is 0 Å². The van der Waals surface area contributed by atoms with Crippen molar-refractivity contribution in [3.05, 3.63) is 182 Å². The van der Waals surface area contributed by atoms with E-state index >= 15 is 0 Å². The number of aromatic nitrogens is 4. The number of hydrogen-bond acceptors (Lipinski definition) is 6. The molecule has 0 unspecified atom stereocenters. The standard InChI is InChI=1S/C50H30N4O2/c1-5-15-31(16-6-1)41-30-42(44(33-17-7-2-8-18-33)46-40-26-14-24-32-23-13-25-39(43(32)40)45(41)46)36-27-37(49-53-51-47(55-49)34-19-9-3-10-20-34)29-38(28-36)50-54-52-48(56-50)35-21-11-4-12-22-35/h1-30H. The predicted octanol–water partition coefficient (Wildman–Crippen LogP) is 12.9. The highest BCUT2D eigenvalue weighted by Crippen LogP contribution is 2.57. The molecule has 10 aromatic rings. The number of benzene rings is 8. The van der Waals surface area contributed by atoms with Crippen molar-refractivity contribution in [1.29, 1.82) is 0 Å². The lowest BCUT2D eigenvalue weighted by atomic mass is 9.82. The van der Waals surface area contributed by atoms with Gasteiger partial charge in [-0.2, -0.15) is 0 Å². The third-order valence-electron chi connectivity index (χ3n) is 10.5. The average molecular weight is 719 g/mol. The van der Waals surface area contributed by atoms with Gasteiger partial charge in [0.2, 0.25) is 23.6 Å². The number of fused-ring (bicyclic) bond motifs is 3. The van der Waals surface area contributed by atoms with E-state index in [9.17, 15) is 0 Å². The van der Waals surface area contributed by atoms with Crippen molar-refractivity contribution < 1.29 is 8.83 Å². The maximum atomic E-state index is 6.39. The minimum absolute atomic E-state index is 0.387. The lowest BCUT2D eigenvalue weighted by Gasteiger charge is -2.21. The Hall–Kier alpha value is -7.70. The molecule has 0 saturated heterocycles. The predicted molar refractivity (Wildman–Crippen MR) is 222 cm³/mol. The summed E-state index contributed by atoms with van der Waals surface area (Å²) >= 11 is 0.